The number of nitrogens with zero attached hydrogens (tertiary/aromatic N) is 1. The topological polar surface area (TPSA) is 102 Å². The number of aliphatic carboxylic acids is 1. The molecule has 21 heavy (non-hydrogen) atoms. The van der Waals surface area contributed by atoms with Crippen molar-refractivity contribution in [2.45, 2.75) is 6.42 Å². The molecular formula is C14H14ClN3O3. The number of anilines is 1. The molecule has 0 bridgehead atoms. The molecule has 1 aromatic carbocycles. The van der Waals surface area contributed by atoms with E-state index >= 15 is 0 Å². The Balaban J connectivity index is 2.67. The monoisotopic (exact) mass is 307 g/mol. The summed E-state index contributed by atoms with van der Waals surface area (Å²) in [6.45, 7) is 0.281. The van der Waals surface area contributed by atoms with E-state index in [1.54, 1.807) is 30.3 Å². The van der Waals surface area contributed by atoms with Gasteiger partial charge in [0.1, 0.15) is 11.6 Å². The number of alkyl halides is 1. The third-order valence-electron chi connectivity index (χ3n) is 2.44. The third-order valence-corrected chi connectivity index (χ3v) is 2.63. The number of halogens is 1. The Hall–Kier alpha value is -2.52. The average molecular weight is 308 g/mol. The van der Waals surface area contributed by atoms with Crippen molar-refractivity contribution in [1.82, 2.24) is 5.32 Å². The molecule has 0 unspecified atom stereocenters. The fourth-order valence-electron chi connectivity index (χ4n) is 1.45. The van der Waals surface area contributed by atoms with Crippen LogP contribution in [0.1, 0.15) is 5.56 Å². The lowest BCUT2D eigenvalue weighted by Gasteiger charge is -2.04. The second-order valence-corrected chi connectivity index (χ2v) is 4.40. The summed E-state index contributed by atoms with van der Waals surface area (Å²) in [7, 11) is 0. The maximum Gasteiger partial charge on any atom is 0.307 e. The first kappa shape index (κ1) is 16.5. The van der Waals surface area contributed by atoms with Crippen LogP contribution < -0.4 is 10.6 Å². The Morgan fingerprint density at radius 1 is 1.33 bits per heavy atom. The Kier molecular flexibility index (Phi) is 6.78. The molecule has 0 atom stereocenters. The molecule has 1 rings (SSSR count). The van der Waals surface area contributed by atoms with Crippen molar-refractivity contribution in [2.24, 2.45) is 0 Å². The lowest BCUT2D eigenvalue weighted by atomic mass is 10.1. The summed E-state index contributed by atoms with van der Waals surface area (Å²) >= 11 is 5.44. The minimum Gasteiger partial charge on any atom is -0.481 e. The number of nitriles is 1. The molecule has 3 N–H and O–H groups in total. The smallest absolute Gasteiger partial charge is 0.307 e. The van der Waals surface area contributed by atoms with E-state index in [2.05, 4.69) is 10.6 Å². The maximum atomic E-state index is 11.6. The standard InChI is InChI=1S/C14H14ClN3O3/c15-5-6-17-14(21)11(8-16)9-18-12-3-1-10(2-4-12)7-13(19)20/h1-4,9,18H,5-7H2,(H,17,21)(H,19,20)/b11-9-. The summed E-state index contributed by atoms with van der Waals surface area (Å²) in [6, 6.07) is 8.43. The molecule has 0 spiro atoms. The van der Waals surface area contributed by atoms with E-state index in [4.69, 9.17) is 22.0 Å². The van der Waals surface area contributed by atoms with E-state index < -0.39 is 11.9 Å². The number of carbonyl (C=O) groups is 2. The summed E-state index contributed by atoms with van der Waals surface area (Å²) in [4.78, 5) is 22.1. The van der Waals surface area contributed by atoms with Crippen LogP contribution in [0, 0.1) is 11.3 Å². The zero-order valence-corrected chi connectivity index (χ0v) is 11.9. The zero-order valence-electron chi connectivity index (χ0n) is 11.1. The predicted molar refractivity (Wildman–Crippen MR) is 78.8 cm³/mol. The second kappa shape index (κ2) is 8.61. The van der Waals surface area contributed by atoms with Gasteiger partial charge in [0.2, 0.25) is 0 Å². The summed E-state index contributed by atoms with van der Waals surface area (Å²) in [5.74, 6) is -1.14. The second-order valence-electron chi connectivity index (χ2n) is 4.03. The molecule has 0 radical (unpaired) electrons. The summed E-state index contributed by atoms with van der Waals surface area (Å²) in [5, 5.41) is 22.9. The van der Waals surface area contributed by atoms with E-state index in [0.717, 1.165) is 0 Å². The number of amides is 1. The number of carboxylic acid groups (broad SMARTS) is 1. The fraction of sp³-hybridized carbons (Fsp3) is 0.214. The number of benzene rings is 1. The summed E-state index contributed by atoms with van der Waals surface area (Å²) < 4.78 is 0. The van der Waals surface area contributed by atoms with Crippen LogP contribution in [0.25, 0.3) is 0 Å². The van der Waals surface area contributed by atoms with Gasteiger partial charge < -0.3 is 15.7 Å². The molecule has 1 aromatic rings. The maximum absolute atomic E-state index is 11.6. The van der Waals surface area contributed by atoms with Crippen molar-refractivity contribution in [3.8, 4) is 6.07 Å². The van der Waals surface area contributed by atoms with E-state index in [0.29, 0.717) is 11.3 Å². The molecule has 0 aliphatic carbocycles. The molecule has 1 amide bonds. The van der Waals surface area contributed by atoms with E-state index in [-0.39, 0.29) is 24.4 Å². The van der Waals surface area contributed by atoms with E-state index in [9.17, 15) is 9.59 Å². The van der Waals surface area contributed by atoms with Crippen LogP contribution >= 0.6 is 11.6 Å². The minimum absolute atomic E-state index is 0.0552. The van der Waals surface area contributed by atoms with Gasteiger partial charge in [-0.1, -0.05) is 12.1 Å². The first-order valence-electron chi connectivity index (χ1n) is 6.08. The highest BCUT2D eigenvalue weighted by Gasteiger charge is 2.07. The van der Waals surface area contributed by atoms with Gasteiger partial charge in [0.25, 0.3) is 5.91 Å². The Morgan fingerprint density at radius 3 is 2.52 bits per heavy atom. The highest BCUT2D eigenvalue weighted by Crippen LogP contribution is 2.10. The van der Waals surface area contributed by atoms with Gasteiger partial charge in [0.15, 0.2) is 0 Å². The SMILES string of the molecule is N#C/C(=C/Nc1ccc(CC(=O)O)cc1)C(=O)NCCCl. The van der Waals surface area contributed by atoms with Crippen LogP contribution in [0.3, 0.4) is 0 Å². The highest BCUT2D eigenvalue weighted by molar-refractivity contribution is 6.18. The normalized spacial score (nSPS) is 10.6. The first-order valence-corrected chi connectivity index (χ1v) is 6.62. The number of nitrogens with one attached hydrogen (secondary N) is 2. The quantitative estimate of drug-likeness (QED) is 0.402. The molecule has 0 heterocycles. The highest BCUT2D eigenvalue weighted by atomic mass is 35.5. The van der Waals surface area contributed by atoms with Gasteiger partial charge in [0.05, 0.1) is 6.42 Å². The van der Waals surface area contributed by atoms with Crippen molar-refractivity contribution in [1.29, 1.82) is 5.26 Å². The van der Waals surface area contributed by atoms with Gasteiger partial charge in [-0.15, -0.1) is 11.6 Å². The molecule has 0 saturated carbocycles. The molecule has 0 saturated heterocycles. The fourth-order valence-corrected chi connectivity index (χ4v) is 1.55. The van der Waals surface area contributed by atoms with E-state index in [1.165, 1.54) is 6.20 Å². The number of carboxylic acids is 1. The Labute approximate surface area is 127 Å². The van der Waals surface area contributed by atoms with Crippen molar-refractivity contribution in [2.75, 3.05) is 17.7 Å². The van der Waals surface area contributed by atoms with E-state index in [1.807, 2.05) is 0 Å². The van der Waals surface area contributed by atoms with Crippen molar-refractivity contribution < 1.29 is 14.7 Å². The van der Waals surface area contributed by atoms with Crippen LogP contribution in [-0.4, -0.2) is 29.4 Å². The summed E-state index contributed by atoms with van der Waals surface area (Å²) in [6.07, 6.45) is 1.23. The van der Waals surface area contributed by atoms with Gasteiger partial charge in [0, 0.05) is 24.3 Å². The van der Waals surface area contributed by atoms with Crippen molar-refractivity contribution in [3.05, 3.63) is 41.6 Å². The molecule has 0 aromatic heterocycles. The van der Waals surface area contributed by atoms with Crippen LogP contribution in [0.5, 0.6) is 0 Å². The molecular weight excluding hydrogens is 294 g/mol. The number of hydrogen-bond acceptors (Lipinski definition) is 4. The summed E-state index contributed by atoms with van der Waals surface area (Å²) in [5.41, 5.74) is 1.23. The van der Waals surface area contributed by atoms with Crippen molar-refractivity contribution in [3.63, 3.8) is 0 Å². The van der Waals surface area contributed by atoms with Crippen LogP contribution in [-0.2, 0) is 16.0 Å². The zero-order chi connectivity index (χ0) is 15.7. The first-order chi connectivity index (χ1) is 10.1. The molecule has 6 nitrogen and oxygen atoms in total. The largest absolute Gasteiger partial charge is 0.481 e. The lowest BCUT2D eigenvalue weighted by Crippen LogP contribution is -2.26. The molecule has 110 valence electrons. The van der Waals surface area contributed by atoms with Crippen LogP contribution in [0.15, 0.2) is 36.0 Å². The molecule has 0 aliphatic rings. The molecule has 7 heteroatoms. The van der Waals surface area contributed by atoms with Gasteiger partial charge in [-0.25, -0.2) is 0 Å². The molecule has 0 fully saturated rings. The number of rotatable bonds is 7. The molecule has 0 aliphatic heterocycles. The van der Waals surface area contributed by atoms with Gasteiger partial charge >= 0.3 is 5.97 Å². The third kappa shape index (κ3) is 5.97. The number of carbonyl (C=O) groups excluding carboxylic acids is 1. The van der Waals surface area contributed by atoms with Crippen molar-refractivity contribution >= 4 is 29.2 Å². The predicted octanol–water partition coefficient (Wildman–Crippen LogP) is 1.49. The Morgan fingerprint density at radius 2 is 2.00 bits per heavy atom. The van der Waals surface area contributed by atoms with Crippen LogP contribution in [0.2, 0.25) is 0 Å². The minimum atomic E-state index is -0.904. The van der Waals surface area contributed by atoms with Gasteiger partial charge in [-0.3, -0.25) is 9.59 Å². The average Bonchev–Trinajstić information content (AvgIpc) is 2.46. The lowest BCUT2D eigenvalue weighted by molar-refractivity contribution is -0.136. The van der Waals surface area contributed by atoms with Crippen LogP contribution in [0.4, 0.5) is 5.69 Å². The Bertz CT molecular complexity index is 576. The number of hydrogen-bond donors (Lipinski definition) is 3. The van der Waals surface area contributed by atoms with Gasteiger partial charge in [-0.2, -0.15) is 5.26 Å². The van der Waals surface area contributed by atoms with Gasteiger partial charge in [-0.05, 0) is 17.7 Å².